The molecule has 1 saturated heterocycles. The molecule has 111 valence electrons. The zero-order chi connectivity index (χ0) is 13.4. The first kappa shape index (κ1) is 15.8. The van der Waals surface area contributed by atoms with E-state index in [0.29, 0.717) is 18.5 Å². The molecule has 2 heterocycles. The molecule has 1 aromatic rings. The molecular formula is C14H17BrCoN3O-. The van der Waals surface area contributed by atoms with E-state index in [9.17, 15) is 4.79 Å². The number of hydrogen-bond acceptors (Lipinski definition) is 2. The summed E-state index contributed by atoms with van der Waals surface area (Å²) in [7, 11) is 1.69. The number of nitrogens with one attached hydrogen (secondary N) is 1. The Morgan fingerprint density at radius 1 is 1.55 bits per heavy atom. The van der Waals surface area contributed by atoms with Crippen LogP contribution in [-0.4, -0.2) is 38.6 Å². The number of carbonyl (C=O) groups is 1. The number of fused-ring (bicyclic) bond motifs is 3. The largest absolute Gasteiger partial charge is 0.662 e. The summed E-state index contributed by atoms with van der Waals surface area (Å²) in [5.41, 5.74) is 2.50. The van der Waals surface area contributed by atoms with Crippen LogP contribution >= 0.6 is 15.9 Å². The Hall–Kier alpha value is -0.564. The van der Waals surface area contributed by atoms with Gasteiger partial charge in [0.25, 0.3) is 0 Å². The summed E-state index contributed by atoms with van der Waals surface area (Å²) in [5.74, 6) is 0.496. The molecular weight excluding hydrogens is 365 g/mol. The number of anilines is 1. The number of piperidine rings is 1. The molecule has 1 fully saturated rings. The van der Waals surface area contributed by atoms with E-state index in [1.807, 2.05) is 6.07 Å². The molecule has 1 aromatic carbocycles. The average Bonchev–Trinajstić information content (AvgIpc) is 2.75. The minimum atomic E-state index is 0. The molecule has 1 radical (unpaired) electrons. The molecule has 20 heavy (non-hydrogen) atoms. The maximum atomic E-state index is 11.8. The molecule has 0 spiro atoms. The second-order valence-corrected chi connectivity index (χ2v) is 5.93. The zero-order valence-corrected chi connectivity index (χ0v) is 13.9. The molecule has 3 rings (SSSR count). The first-order chi connectivity index (χ1) is 9.22. The summed E-state index contributed by atoms with van der Waals surface area (Å²) in [6.45, 7) is 2.20. The number of nitrogens with zero attached hydrogens (tertiary/aromatic N) is 2. The predicted molar refractivity (Wildman–Crippen MR) is 79.8 cm³/mol. The standard InChI is InChI=1S/C14H17BrN3O.Co/c1-16-13(19)8-18-12-5-6-17-7-10(12)9-3-2-4-11(15)14(9)18;/h2-4,10,12H,5-8H2,1H3,(H,16,19);/q-1;/t10-,12-;/m0./s1. The van der Waals surface area contributed by atoms with Crippen molar-refractivity contribution in [1.82, 2.24) is 5.32 Å². The predicted octanol–water partition coefficient (Wildman–Crippen LogP) is 2.24. The molecule has 0 aliphatic carbocycles. The summed E-state index contributed by atoms with van der Waals surface area (Å²) in [6.07, 6.45) is 1.03. The Kier molecular flexibility index (Phi) is 5.12. The van der Waals surface area contributed by atoms with Gasteiger partial charge in [-0.15, -0.1) is 13.1 Å². The Labute approximate surface area is 138 Å². The van der Waals surface area contributed by atoms with Gasteiger partial charge in [0.05, 0.1) is 12.2 Å². The number of benzene rings is 1. The van der Waals surface area contributed by atoms with Crippen molar-refractivity contribution in [2.45, 2.75) is 18.4 Å². The number of hydrogen-bond donors (Lipinski definition) is 1. The third-order valence-corrected chi connectivity index (χ3v) is 4.71. The fourth-order valence-corrected chi connectivity index (χ4v) is 3.79. The van der Waals surface area contributed by atoms with Crippen molar-refractivity contribution in [2.24, 2.45) is 0 Å². The molecule has 0 bridgehead atoms. The van der Waals surface area contributed by atoms with Crippen LogP contribution in [0.2, 0.25) is 0 Å². The van der Waals surface area contributed by atoms with Gasteiger partial charge < -0.3 is 15.5 Å². The van der Waals surface area contributed by atoms with Gasteiger partial charge in [-0.3, -0.25) is 4.79 Å². The van der Waals surface area contributed by atoms with Crippen LogP contribution in [0.3, 0.4) is 0 Å². The topological polar surface area (TPSA) is 46.4 Å². The minimum absolute atomic E-state index is 0. The van der Waals surface area contributed by atoms with Crippen LogP contribution in [0.5, 0.6) is 0 Å². The van der Waals surface area contributed by atoms with Gasteiger partial charge >= 0.3 is 0 Å². The van der Waals surface area contributed by atoms with Gasteiger partial charge in [0.1, 0.15) is 0 Å². The molecule has 2 aliphatic heterocycles. The third kappa shape index (κ3) is 2.62. The van der Waals surface area contributed by atoms with Gasteiger partial charge in [0, 0.05) is 34.3 Å². The van der Waals surface area contributed by atoms with E-state index >= 15 is 0 Å². The van der Waals surface area contributed by atoms with Gasteiger partial charge in [-0.2, -0.15) is 0 Å². The van der Waals surface area contributed by atoms with E-state index in [4.69, 9.17) is 0 Å². The van der Waals surface area contributed by atoms with Gasteiger partial charge in [-0.05, 0) is 33.5 Å². The molecule has 0 saturated carbocycles. The van der Waals surface area contributed by atoms with Gasteiger partial charge in [-0.25, -0.2) is 0 Å². The Bertz CT molecular complexity index is 511. The van der Waals surface area contributed by atoms with E-state index in [0.717, 1.165) is 24.0 Å². The molecule has 1 N–H and O–H groups in total. The molecule has 0 aromatic heterocycles. The number of amides is 1. The van der Waals surface area contributed by atoms with Crippen LogP contribution in [0.1, 0.15) is 17.9 Å². The zero-order valence-electron chi connectivity index (χ0n) is 11.2. The van der Waals surface area contributed by atoms with Crippen molar-refractivity contribution in [3.8, 4) is 0 Å². The number of para-hydroxylation sites is 1. The van der Waals surface area contributed by atoms with E-state index in [1.54, 1.807) is 7.05 Å². The first-order valence-electron chi connectivity index (χ1n) is 6.61. The van der Waals surface area contributed by atoms with Crippen molar-refractivity contribution in [3.05, 3.63) is 33.6 Å². The SMILES string of the molecule is CNC(=O)CN1c2c(Br)cccc2[C@@H]2C[N-]CC[C@@H]21.[Co]. The van der Waals surface area contributed by atoms with E-state index in [-0.39, 0.29) is 22.7 Å². The fraction of sp³-hybridized carbons (Fsp3) is 0.500. The summed E-state index contributed by atoms with van der Waals surface area (Å²) in [4.78, 5) is 14.0. The van der Waals surface area contributed by atoms with Crippen LogP contribution in [0.25, 0.3) is 5.32 Å². The van der Waals surface area contributed by atoms with Crippen molar-refractivity contribution < 1.29 is 21.6 Å². The number of rotatable bonds is 2. The molecule has 6 heteroatoms. The normalized spacial score (nSPS) is 23.6. The van der Waals surface area contributed by atoms with Crippen LogP contribution < -0.4 is 10.2 Å². The number of likely N-dealkylation sites (N-methyl/N-ethyl adjacent to an activating group) is 1. The van der Waals surface area contributed by atoms with Crippen molar-refractivity contribution in [2.75, 3.05) is 31.6 Å². The molecule has 0 unspecified atom stereocenters. The van der Waals surface area contributed by atoms with Crippen LogP contribution in [0.4, 0.5) is 5.69 Å². The van der Waals surface area contributed by atoms with E-state index in [2.05, 4.69) is 43.6 Å². The maximum absolute atomic E-state index is 11.8. The number of carbonyl (C=O) groups excluding carboxylic acids is 1. The van der Waals surface area contributed by atoms with Crippen LogP contribution in [0.15, 0.2) is 22.7 Å². The molecule has 2 aliphatic rings. The summed E-state index contributed by atoms with van der Waals surface area (Å²) >= 11 is 3.63. The molecule has 1 amide bonds. The quantitative estimate of drug-likeness (QED) is 0.853. The molecule has 2 atom stereocenters. The maximum Gasteiger partial charge on any atom is 0.239 e. The Morgan fingerprint density at radius 2 is 2.35 bits per heavy atom. The van der Waals surface area contributed by atoms with Crippen molar-refractivity contribution in [3.63, 3.8) is 0 Å². The second-order valence-electron chi connectivity index (χ2n) is 5.07. The minimum Gasteiger partial charge on any atom is -0.662 e. The Morgan fingerprint density at radius 3 is 3.10 bits per heavy atom. The summed E-state index contributed by atoms with van der Waals surface area (Å²) in [6, 6.07) is 6.69. The monoisotopic (exact) mass is 381 g/mol. The van der Waals surface area contributed by atoms with E-state index < -0.39 is 0 Å². The Balaban J connectivity index is 0.00000147. The first-order valence-corrected chi connectivity index (χ1v) is 7.40. The third-order valence-electron chi connectivity index (χ3n) is 4.07. The number of halogens is 1. The fourth-order valence-electron chi connectivity index (χ4n) is 3.19. The van der Waals surface area contributed by atoms with Crippen molar-refractivity contribution >= 4 is 27.5 Å². The van der Waals surface area contributed by atoms with Crippen LogP contribution in [-0.2, 0) is 21.6 Å². The average molecular weight is 382 g/mol. The second kappa shape index (κ2) is 6.47. The van der Waals surface area contributed by atoms with E-state index in [1.165, 1.54) is 11.3 Å². The van der Waals surface area contributed by atoms with Crippen LogP contribution in [0, 0.1) is 0 Å². The molecule has 4 nitrogen and oxygen atoms in total. The summed E-state index contributed by atoms with van der Waals surface area (Å²) < 4.78 is 1.07. The van der Waals surface area contributed by atoms with Gasteiger partial charge in [0.2, 0.25) is 5.91 Å². The van der Waals surface area contributed by atoms with Gasteiger partial charge in [0.15, 0.2) is 0 Å². The van der Waals surface area contributed by atoms with Gasteiger partial charge in [-0.1, -0.05) is 18.6 Å². The summed E-state index contributed by atoms with van der Waals surface area (Å²) in [5, 5.41) is 7.26. The van der Waals surface area contributed by atoms with Crippen molar-refractivity contribution in [1.29, 1.82) is 0 Å². The smallest absolute Gasteiger partial charge is 0.239 e.